The maximum absolute atomic E-state index is 12.7. The van der Waals surface area contributed by atoms with Crippen molar-refractivity contribution in [2.75, 3.05) is 10.6 Å². The Bertz CT molecular complexity index is 906. The predicted octanol–water partition coefficient (Wildman–Crippen LogP) is 4.84. The highest BCUT2D eigenvalue weighted by Crippen LogP contribution is 2.22. The Morgan fingerprint density at radius 1 is 1.00 bits per heavy atom. The van der Waals surface area contributed by atoms with Gasteiger partial charge in [0.05, 0.1) is 16.1 Å². The number of hydrogen-bond donors (Lipinski definition) is 2. The Morgan fingerprint density at radius 3 is 2.63 bits per heavy atom. The molecule has 0 atom stereocenters. The molecule has 2 aromatic heterocycles. The largest absolute Gasteiger partial charge is 0.321 e. The monoisotopic (exact) mass is 400 g/mol. The number of aryl methyl sites for hydroxylation is 1. The van der Waals surface area contributed by atoms with E-state index in [4.69, 9.17) is 0 Å². The average Bonchev–Trinajstić information content (AvgIpc) is 3.34. The fourth-order valence-electron chi connectivity index (χ4n) is 2.48. The number of thiophene rings is 1. The molecule has 0 bridgehead atoms. The van der Waals surface area contributed by atoms with Crippen LogP contribution in [-0.2, 0) is 6.42 Å². The first-order chi connectivity index (χ1) is 13.2. The summed E-state index contributed by atoms with van der Waals surface area (Å²) in [6.45, 7) is 2.15. The lowest BCUT2D eigenvalue weighted by Crippen LogP contribution is -2.17. The third-order valence-corrected chi connectivity index (χ3v) is 5.61. The smallest absolute Gasteiger partial charge is 0.265 e. The molecule has 0 aliphatic carbocycles. The number of para-hydroxylation sites is 1. The van der Waals surface area contributed by atoms with Gasteiger partial charge in [-0.25, -0.2) is 0 Å². The lowest BCUT2D eigenvalue weighted by molar-refractivity contribution is 0.102. The van der Waals surface area contributed by atoms with Gasteiger partial charge in [0.2, 0.25) is 5.13 Å². The number of amides is 2. The van der Waals surface area contributed by atoms with E-state index in [0.717, 1.165) is 30.7 Å². The van der Waals surface area contributed by atoms with E-state index in [0.29, 0.717) is 21.3 Å². The van der Waals surface area contributed by atoms with Crippen LogP contribution in [0.15, 0.2) is 41.8 Å². The number of unbranched alkanes of at least 4 members (excludes halogenated alkanes) is 2. The first-order valence-electron chi connectivity index (χ1n) is 8.75. The Morgan fingerprint density at radius 2 is 1.85 bits per heavy atom. The van der Waals surface area contributed by atoms with Crippen molar-refractivity contribution in [2.45, 2.75) is 32.6 Å². The molecule has 0 unspecified atom stereocenters. The van der Waals surface area contributed by atoms with Crippen molar-refractivity contribution in [3.63, 3.8) is 0 Å². The fraction of sp³-hybridized carbons (Fsp3) is 0.263. The molecule has 6 nitrogen and oxygen atoms in total. The van der Waals surface area contributed by atoms with Gasteiger partial charge in [-0.15, -0.1) is 21.5 Å². The first kappa shape index (κ1) is 19.2. The Kier molecular flexibility index (Phi) is 6.67. The van der Waals surface area contributed by atoms with Crippen LogP contribution in [0.1, 0.15) is 51.2 Å². The number of anilines is 2. The van der Waals surface area contributed by atoms with Crippen LogP contribution in [0.25, 0.3) is 0 Å². The van der Waals surface area contributed by atoms with Gasteiger partial charge < -0.3 is 5.32 Å². The first-order valence-corrected chi connectivity index (χ1v) is 10.4. The van der Waals surface area contributed by atoms with Crippen LogP contribution in [-0.4, -0.2) is 22.0 Å². The lowest BCUT2D eigenvalue weighted by Gasteiger charge is -2.09. The number of rotatable bonds is 8. The SMILES string of the molecule is CCCCCc1nnc(NC(=O)c2ccccc2NC(=O)c2cccs2)s1. The standard InChI is InChI=1S/C19H20N4O2S2/c1-2-3-4-11-16-22-23-19(27-16)21-17(24)13-8-5-6-9-14(13)20-18(25)15-10-7-12-26-15/h5-10,12H,2-4,11H2,1H3,(H,20,25)(H,21,23,24). The summed E-state index contributed by atoms with van der Waals surface area (Å²) in [6, 6.07) is 10.5. The molecule has 27 heavy (non-hydrogen) atoms. The molecule has 140 valence electrons. The van der Waals surface area contributed by atoms with Gasteiger partial charge in [0, 0.05) is 6.42 Å². The molecule has 0 aliphatic heterocycles. The van der Waals surface area contributed by atoms with Crippen LogP contribution in [0.2, 0.25) is 0 Å². The summed E-state index contributed by atoms with van der Waals surface area (Å²) < 4.78 is 0. The molecule has 0 radical (unpaired) electrons. The van der Waals surface area contributed by atoms with E-state index in [1.54, 1.807) is 30.3 Å². The zero-order valence-electron chi connectivity index (χ0n) is 14.9. The minimum absolute atomic E-state index is 0.237. The highest BCUT2D eigenvalue weighted by molar-refractivity contribution is 7.15. The molecule has 0 fully saturated rings. The topological polar surface area (TPSA) is 84.0 Å². The zero-order valence-corrected chi connectivity index (χ0v) is 16.5. The van der Waals surface area contributed by atoms with Gasteiger partial charge in [-0.3, -0.25) is 14.9 Å². The van der Waals surface area contributed by atoms with Crippen molar-refractivity contribution in [3.8, 4) is 0 Å². The van der Waals surface area contributed by atoms with Gasteiger partial charge in [-0.1, -0.05) is 49.3 Å². The van der Waals surface area contributed by atoms with Gasteiger partial charge in [-0.05, 0) is 30.0 Å². The van der Waals surface area contributed by atoms with Crippen LogP contribution in [0.4, 0.5) is 10.8 Å². The zero-order chi connectivity index (χ0) is 19.1. The second-order valence-corrected chi connectivity index (χ2v) is 7.90. The summed E-state index contributed by atoms with van der Waals surface area (Å²) in [5.41, 5.74) is 0.839. The van der Waals surface area contributed by atoms with Crippen molar-refractivity contribution >= 4 is 45.3 Å². The third-order valence-electron chi connectivity index (χ3n) is 3.85. The highest BCUT2D eigenvalue weighted by atomic mass is 32.1. The molecule has 3 rings (SSSR count). The summed E-state index contributed by atoms with van der Waals surface area (Å²) in [4.78, 5) is 25.5. The second-order valence-electron chi connectivity index (χ2n) is 5.89. The Labute approximate surface area is 165 Å². The maximum atomic E-state index is 12.7. The number of carbonyl (C=O) groups excluding carboxylic acids is 2. The number of benzene rings is 1. The van der Waals surface area contributed by atoms with Crippen LogP contribution in [0.3, 0.4) is 0 Å². The van der Waals surface area contributed by atoms with Crippen molar-refractivity contribution in [3.05, 3.63) is 57.2 Å². The number of nitrogens with one attached hydrogen (secondary N) is 2. The molecule has 3 aromatic rings. The van der Waals surface area contributed by atoms with Gasteiger partial charge in [0.1, 0.15) is 5.01 Å². The van der Waals surface area contributed by atoms with Crippen molar-refractivity contribution in [2.24, 2.45) is 0 Å². The van der Waals surface area contributed by atoms with E-state index in [-0.39, 0.29) is 11.8 Å². The fourth-order valence-corrected chi connectivity index (χ4v) is 3.87. The van der Waals surface area contributed by atoms with Crippen LogP contribution in [0, 0.1) is 0 Å². The number of nitrogens with zero attached hydrogens (tertiary/aromatic N) is 2. The van der Waals surface area contributed by atoms with E-state index < -0.39 is 0 Å². The van der Waals surface area contributed by atoms with E-state index in [1.165, 1.54) is 22.7 Å². The second kappa shape index (κ2) is 9.38. The molecule has 0 saturated heterocycles. The van der Waals surface area contributed by atoms with Crippen LogP contribution in [0.5, 0.6) is 0 Å². The van der Waals surface area contributed by atoms with Crippen LogP contribution < -0.4 is 10.6 Å². The molecule has 0 spiro atoms. The molecule has 2 amide bonds. The van der Waals surface area contributed by atoms with E-state index in [2.05, 4.69) is 27.8 Å². The average molecular weight is 401 g/mol. The molecule has 8 heteroatoms. The van der Waals surface area contributed by atoms with Crippen molar-refractivity contribution < 1.29 is 9.59 Å². The molecule has 2 N–H and O–H groups in total. The van der Waals surface area contributed by atoms with Crippen molar-refractivity contribution in [1.82, 2.24) is 10.2 Å². The number of aromatic nitrogens is 2. The molecule has 0 saturated carbocycles. The molecular formula is C19H20N4O2S2. The normalized spacial score (nSPS) is 10.6. The molecular weight excluding hydrogens is 380 g/mol. The highest BCUT2D eigenvalue weighted by Gasteiger charge is 2.16. The lowest BCUT2D eigenvalue weighted by atomic mass is 10.1. The van der Waals surface area contributed by atoms with E-state index in [1.807, 2.05) is 11.4 Å². The molecule has 1 aromatic carbocycles. The Hall–Kier alpha value is -2.58. The Balaban J connectivity index is 1.67. The van der Waals surface area contributed by atoms with Gasteiger partial charge in [0.15, 0.2) is 0 Å². The maximum Gasteiger partial charge on any atom is 0.265 e. The molecule has 0 aliphatic rings. The van der Waals surface area contributed by atoms with Gasteiger partial charge in [-0.2, -0.15) is 0 Å². The van der Waals surface area contributed by atoms with Crippen LogP contribution >= 0.6 is 22.7 Å². The molecule has 2 heterocycles. The van der Waals surface area contributed by atoms with E-state index >= 15 is 0 Å². The van der Waals surface area contributed by atoms with Gasteiger partial charge >= 0.3 is 0 Å². The summed E-state index contributed by atoms with van der Waals surface area (Å²) in [7, 11) is 0. The van der Waals surface area contributed by atoms with Gasteiger partial charge in [0.25, 0.3) is 11.8 Å². The summed E-state index contributed by atoms with van der Waals surface area (Å²) in [5, 5.41) is 17.0. The van der Waals surface area contributed by atoms with E-state index in [9.17, 15) is 9.59 Å². The summed E-state index contributed by atoms with van der Waals surface area (Å²) >= 11 is 2.73. The minimum atomic E-state index is -0.326. The number of hydrogen-bond acceptors (Lipinski definition) is 6. The summed E-state index contributed by atoms with van der Waals surface area (Å²) in [5.74, 6) is -0.562. The summed E-state index contributed by atoms with van der Waals surface area (Å²) in [6.07, 6.45) is 4.24. The predicted molar refractivity (Wildman–Crippen MR) is 110 cm³/mol. The number of carbonyl (C=O) groups is 2. The third kappa shape index (κ3) is 5.21. The van der Waals surface area contributed by atoms with Crippen molar-refractivity contribution in [1.29, 1.82) is 0 Å². The minimum Gasteiger partial charge on any atom is -0.321 e. The quantitative estimate of drug-likeness (QED) is 0.530.